The van der Waals surface area contributed by atoms with Gasteiger partial charge in [-0.25, -0.2) is 22.9 Å². The highest BCUT2D eigenvalue weighted by Crippen LogP contribution is 2.41. The van der Waals surface area contributed by atoms with Crippen LogP contribution < -0.4 is 5.14 Å². The minimum Gasteiger partial charge on any atom is -0.440 e. The van der Waals surface area contributed by atoms with E-state index in [1.54, 1.807) is 30.3 Å². The smallest absolute Gasteiger partial charge is 0.238 e. The van der Waals surface area contributed by atoms with E-state index in [4.69, 9.17) is 14.5 Å². The quantitative estimate of drug-likeness (QED) is 0.583. The number of sulfonamides is 1. The molecule has 0 amide bonds. The van der Waals surface area contributed by atoms with Gasteiger partial charge in [-0.15, -0.1) is 0 Å². The van der Waals surface area contributed by atoms with Gasteiger partial charge in [0.25, 0.3) is 0 Å². The number of hydrogen-bond acceptors (Lipinski definition) is 4. The second kappa shape index (κ2) is 8.32. The van der Waals surface area contributed by atoms with Crippen LogP contribution in [0.4, 0.5) is 4.39 Å². The molecule has 0 spiro atoms. The zero-order valence-electron chi connectivity index (χ0n) is 16.8. The summed E-state index contributed by atoms with van der Waals surface area (Å²) in [6.45, 7) is 2.10. The minimum absolute atomic E-state index is 0.0265. The van der Waals surface area contributed by atoms with Gasteiger partial charge in [-0.05, 0) is 55.2 Å². The van der Waals surface area contributed by atoms with Gasteiger partial charge >= 0.3 is 0 Å². The molecule has 1 atom stereocenters. The summed E-state index contributed by atoms with van der Waals surface area (Å²) in [4.78, 5) is 4.73. The van der Waals surface area contributed by atoms with Crippen molar-refractivity contribution in [3.05, 3.63) is 60.2 Å². The monoisotopic (exact) mass is 428 g/mol. The lowest BCUT2D eigenvalue weighted by atomic mass is 9.81. The fourth-order valence-corrected chi connectivity index (χ4v) is 4.99. The Labute approximate surface area is 176 Å². The molecule has 0 bridgehead atoms. The summed E-state index contributed by atoms with van der Waals surface area (Å²) in [5, 5.41) is 5.45. The van der Waals surface area contributed by atoms with Gasteiger partial charge in [-0.2, -0.15) is 0 Å². The first-order chi connectivity index (χ1) is 14.3. The number of nitrogens with zero attached hydrogens (tertiary/aromatic N) is 1. The van der Waals surface area contributed by atoms with Crippen molar-refractivity contribution < 1.29 is 17.2 Å². The summed E-state index contributed by atoms with van der Waals surface area (Å²) >= 11 is 0. The Kier molecular flexibility index (Phi) is 5.75. The van der Waals surface area contributed by atoms with Crippen LogP contribution in [0.2, 0.25) is 0 Å². The van der Waals surface area contributed by atoms with Gasteiger partial charge in [-0.1, -0.05) is 38.3 Å². The maximum Gasteiger partial charge on any atom is 0.238 e. The Morgan fingerprint density at radius 2 is 1.73 bits per heavy atom. The third-order valence-corrected chi connectivity index (χ3v) is 6.92. The molecule has 2 aromatic carbocycles. The van der Waals surface area contributed by atoms with Gasteiger partial charge in [0.15, 0.2) is 11.7 Å². The highest BCUT2D eigenvalue weighted by atomic mass is 32.2. The first-order valence-corrected chi connectivity index (χ1v) is 11.8. The van der Waals surface area contributed by atoms with E-state index >= 15 is 0 Å². The van der Waals surface area contributed by atoms with E-state index in [1.165, 1.54) is 37.5 Å². The Balaban J connectivity index is 1.87. The predicted molar refractivity (Wildman–Crippen MR) is 114 cm³/mol. The lowest BCUT2D eigenvalue weighted by Gasteiger charge is -2.25. The molecule has 1 heterocycles. The van der Waals surface area contributed by atoms with Crippen LogP contribution in [0.15, 0.2) is 57.8 Å². The van der Waals surface area contributed by atoms with Crippen LogP contribution in [0.3, 0.4) is 0 Å². The third kappa shape index (κ3) is 4.18. The number of benzene rings is 2. The van der Waals surface area contributed by atoms with Crippen molar-refractivity contribution in [2.45, 2.75) is 49.8 Å². The maximum atomic E-state index is 13.5. The Morgan fingerprint density at radius 3 is 2.40 bits per heavy atom. The standard InChI is InChI=1S/C23H25FN2O3S/c1-15(16-7-3-2-4-8-16)23-26-21(17-11-13-18(24)14-12-17)22(29-23)19-9-5-6-10-20(19)30(25,27)28/h5-6,9-16H,2-4,7-8H2,1H3,(H2,25,27,28). The average Bonchev–Trinajstić information content (AvgIpc) is 3.19. The molecular formula is C23H25FN2O3S. The molecule has 5 nitrogen and oxygen atoms in total. The molecule has 0 saturated heterocycles. The van der Waals surface area contributed by atoms with Crippen LogP contribution in [0, 0.1) is 11.7 Å². The molecule has 1 fully saturated rings. The topological polar surface area (TPSA) is 86.2 Å². The van der Waals surface area contributed by atoms with Crippen molar-refractivity contribution in [3.63, 3.8) is 0 Å². The third-order valence-electron chi connectivity index (χ3n) is 5.95. The van der Waals surface area contributed by atoms with Gasteiger partial charge in [0.1, 0.15) is 11.5 Å². The molecule has 3 aromatic rings. The van der Waals surface area contributed by atoms with E-state index in [0.717, 1.165) is 12.8 Å². The summed E-state index contributed by atoms with van der Waals surface area (Å²) in [6, 6.07) is 12.4. The van der Waals surface area contributed by atoms with Gasteiger partial charge in [0.2, 0.25) is 10.0 Å². The molecule has 1 aromatic heterocycles. The largest absolute Gasteiger partial charge is 0.440 e. The SMILES string of the molecule is CC(c1nc(-c2ccc(F)cc2)c(-c2ccccc2S(N)(=O)=O)o1)C1CCCCC1. The molecule has 1 saturated carbocycles. The molecule has 30 heavy (non-hydrogen) atoms. The van der Waals surface area contributed by atoms with Crippen LogP contribution in [0.5, 0.6) is 0 Å². The number of halogens is 1. The van der Waals surface area contributed by atoms with Crippen molar-refractivity contribution in [2.75, 3.05) is 0 Å². The number of hydrogen-bond donors (Lipinski definition) is 1. The van der Waals surface area contributed by atoms with E-state index in [0.29, 0.717) is 34.4 Å². The lowest BCUT2D eigenvalue weighted by molar-refractivity contribution is 0.284. The predicted octanol–water partition coefficient (Wildman–Crippen LogP) is 5.48. The first-order valence-electron chi connectivity index (χ1n) is 10.2. The van der Waals surface area contributed by atoms with E-state index in [1.807, 2.05) is 0 Å². The molecule has 1 unspecified atom stereocenters. The van der Waals surface area contributed by atoms with Crippen molar-refractivity contribution in [3.8, 4) is 22.6 Å². The summed E-state index contributed by atoms with van der Waals surface area (Å²) in [5.74, 6) is 1.12. The molecule has 0 radical (unpaired) electrons. The Morgan fingerprint density at radius 1 is 1.07 bits per heavy atom. The van der Waals surface area contributed by atoms with E-state index in [2.05, 4.69) is 6.92 Å². The molecule has 2 N–H and O–H groups in total. The molecule has 0 aliphatic heterocycles. The highest BCUT2D eigenvalue weighted by molar-refractivity contribution is 7.89. The van der Waals surface area contributed by atoms with E-state index in [9.17, 15) is 12.8 Å². The maximum absolute atomic E-state index is 13.5. The van der Waals surface area contributed by atoms with Crippen molar-refractivity contribution in [1.29, 1.82) is 0 Å². The number of oxazole rings is 1. The minimum atomic E-state index is -3.97. The molecule has 1 aliphatic rings. The van der Waals surface area contributed by atoms with Crippen LogP contribution in [0.1, 0.15) is 50.8 Å². The van der Waals surface area contributed by atoms with E-state index in [-0.39, 0.29) is 16.6 Å². The molecule has 7 heteroatoms. The summed E-state index contributed by atoms with van der Waals surface area (Å²) in [7, 11) is -3.97. The Hall–Kier alpha value is -2.51. The molecule has 1 aliphatic carbocycles. The van der Waals surface area contributed by atoms with Crippen molar-refractivity contribution in [1.82, 2.24) is 4.98 Å². The van der Waals surface area contributed by atoms with Crippen LogP contribution in [-0.2, 0) is 10.0 Å². The van der Waals surface area contributed by atoms with Crippen LogP contribution in [0.25, 0.3) is 22.6 Å². The summed E-state index contributed by atoms with van der Waals surface area (Å²) in [6.07, 6.45) is 5.89. The second-order valence-electron chi connectivity index (χ2n) is 7.96. The van der Waals surface area contributed by atoms with Crippen molar-refractivity contribution >= 4 is 10.0 Å². The molecular weight excluding hydrogens is 403 g/mol. The van der Waals surface area contributed by atoms with Gasteiger partial charge in [-0.3, -0.25) is 0 Å². The number of rotatable bonds is 5. The summed E-state index contributed by atoms with van der Waals surface area (Å²) in [5.41, 5.74) is 1.50. The fraction of sp³-hybridized carbons (Fsp3) is 0.348. The first kappa shape index (κ1) is 20.8. The second-order valence-corrected chi connectivity index (χ2v) is 9.49. The average molecular weight is 429 g/mol. The lowest BCUT2D eigenvalue weighted by Crippen LogP contribution is -2.14. The Bertz CT molecular complexity index is 1130. The zero-order valence-corrected chi connectivity index (χ0v) is 17.7. The van der Waals surface area contributed by atoms with Gasteiger partial charge in [0, 0.05) is 17.0 Å². The zero-order chi connectivity index (χ0) is 21.3. The van der Waals surface area contributed by atoms with Gasteiger partial charge < -0.3 is 4.42 Å². The van der Waals surface area contributed by atoms with Crippen LogP contribution >= 0.6 is 0 Å². The number of aromatic nitrogens is 1. The molecule has 4 rings (SSSR count). The summed E-state index contributed by atoms with van der Waals surface area (Å²) < 4.78 is 44.0. The molecule has 158 valence electrons. The van der Waals surface area contributed by atoms with E-state index < -0.39 is 10.0 Å². The number of nitrogens with two attached hydrogens (primary N) is 1. The van der Waals surface area contributed by atoms with Crippen LogP contribution in [-0.4, -0.2) is 13.4 Å². The number of primary sulfonamides is 1. The normalized spacial score (nSPS) is 16.5. The fourth-order valence-electron chi connectivity index (χ4n) is 4.26. The highest BCUT2D eigenvalue weighted by Gasteiger charge is 2.29. The van der Waals surface area contributed by atoms with Crippen molar-refractivity contribution in [2.24, 2.45) is 11.1 Å². The van der Waals surface area contributed by atoms with Gasteiger partial charge in [0.05, 0.1) is 4.90 Å².